The van der Waals surface area contributed by atoms with Gasteiger partial charge in [-0.15, -0.1) is 0 Å². The molecule has 0 atom stereocenters. The zero-order valence-corrected chi connectivity index (χ0v) is 11.0. The van der Waals surface area contributed by atoms with Crippen LogP contribution in [-0.4, -0.2) is 17.5 Å². The summed E-state index contributed by atoms with van der Waals surface area (Å²) >= 11 is 0. The largest absolute Gasteiger partial charge is 0.494 e. The normalized spacial score (nSPS) is 16.6. The van der Waals surface area contributed by atoms with Crippen LogP contribution in [0.1, 0.15) is 50.2 Å². The predicted octanol–water partition coefficient (Wildman–Crippen LogP) is 3.77. The van der Waals surface area contributed by atoms with Crippen molar-refractivity contribution in [2.45, 2.75) is 45.4 Å². The van der Waals surface area contributed by atoms with Gasteiger partial charge in [0, 0.05) is 5.56 Å². The van der Waals surface area contributed by atoms with E-state index in [9.17, 15) is 0 Å². The van der Waals surface area contributed by atoms with E-state index in [4.69, 9.17) is 9.94 Å². The van der Waals surface area contributed by atoms with E-state index in [0.717, 1.165) is 49.3 Å². The summed E-state index contributed by atoms with van der Waals surface area (Å²) in [6, 6.07) is 6.12. The Kier molecular flexibility index (Phi) is 4.62. The molecule has 1 aromatic carbocycles. The van der Waals surface area contributed by atoms with Crippen LogP contribution < -0.4 is 4.74 Å². The number of rotatable bonds is 5. The third-order valence-electron chi connectivity index (χ3n) is 3.39. The molecule has 0 bridgehead atoms. The molecule has 2 rings (SSSR count). The third kappa shape index (κ3) is 3.03. The fourth-order valence-electron chi connectivity index (χ4n) is 2.36. The van der Waals surface area contributed by atoms with Gasteiger partial charge in [-0.1, -0.05) is 31.0 Å². The monoisotopic (exact) mass is 247 g/mol. The Morgan fingerprint density at radius 2 is 2.17 bits per heavy atom. The van der Waals surface area contributed by atoms with Crippen LogP contribution >= 0.6 is 0 Å². The predicted molar refractivity (Wildman–Crippen MR) is 72.7 cm³/mol. The molecule has 0 radical (unpaired) electrons. The highest BCUT2D eigenvalue weighted by molar-refractivity contribution is 6.02. The zero-order valence-electron chi connectivity index (χ0n) is 11.0. The summed E-state index contributed by atoms with van der Waals surface area (Å²) in [6.45, 7) is 2.95. The number of hydrogen-bond acceptors (Lipinski definition) is 3. The first kappa shape index (κ1) is 12.9. The Bertz CT molecular complexity index is 427. The van der Waals surface area contributed by atoms with Gasteiger partial charge in [-0.05, 0) is 43.4 Å². The molecule has 18 heavy (non-hydrogen) atoms. The van der Waals surface area contributed by atoms with Crippen molar-refractivity contribution in [3.05, 3.63) is 29.3 Å². The topological polar surface area (TPSA) is 41.8 Å². The highest BCUT2D eigenvalue weighted by atomic mass is 16.5. The standard InChI is InChI=1S/C15H21NO2/c1-2-3-4-10-18-13-9-8-12-6-5-7-15(16-17)14(12)11-13/h8-9,11,17H,2-7,10H2,1H3/b16-15-. The summed E-state index contributed by atoms with van der Waals surface area (Å²) in [5.41, 5.74) is 3.10. The number of benzene rings is 1. The van der Waals surface area contributed by atoms with E-state index in [-0.39, 0.29) is 0 Å². The van der Waals surface area contributed by atoms with Gasteiger partial charge in [0.15, 0.2) is 0 Å². The lowest BCUT2D eigenvalue weighted by atomic mass is 9.90. The van der Waals surface area contributed by atoms with Crippen molar-refractivity contribution in [3.8, 4) is 5.75 Å². The molecule has 3 heteroatoms. The second-order valence-electron chi connectivity index (χ2n) is 4.77. The van der Waals surface area contributed by atoms with Crippen LogP contribution in [-0.2, 0) is 6.42 Å². The van der Waals surface area contributed by atoms with Crippen LogP contribution in [0.4, 0.5) is 0 Å². The van der Waals surface area contributed by atoms with Gasteiger partial charge in [0.1, 0.15) is 5.75 Å². The first-order valence-electron chi connectivity index (χ1n) is 6.82. The maximum Gasteiger partial charge on any atom is 0.119 e. The minimum atomic E-state index is 0.762. The highest BCUT2D eigenvalue weighted by Gasteiger charge is 2.16. The van der Waals surface area contributed by atoms with Gasteiger partial charge in [-0.25, -0.2) is 0 Å². The van der Waals surface area contributed by atoms with Crippen LogP contribution in [0.2, 0.25) is 0 Å². The van der Waals surface area contributed by atoms with E-state index in [1.807, 2.05) is 12.1 Å². The molecular weight excluding hydrogens is 226 g/mol. The summed E-state index contributed by atoms with van der Waals surface area (Å²) in [5, 5.41) is 12.4. The molecule has 0 heterocycles. The smallest absolute Gasteiger partial charge is 0.119 e. The van der Waals surface area contributed by atoms with Crippen molar-refractivity contribution in [3.63, 3.8) is 0 Å². The van der Waals surface area contributed by atoms with E-state index >= 15 is 0 Å². The summed E-state index contributed by atoms with van der Waals surface area (Å²) in [6.07, 6.45) is 6.47. The minimum absolute atomic E-state index is 0.762. The van der Waals surface area contributed by atoms with Crippen molar-refractivity contribution in [1.82, 2.24) is 0 Å². The molecule has 3 nitrogen and oxygen atoms in total. The minimum Gasteiger partial charge on any atom is -0.494 e. The van der Waals surface area contributed by atoms with Gasteiger partial charge in [0.05, 0.1) is 12.3 Å². The van der Waals surface area contributed by atoms with Crippen molar-refractivity contribution in [2.24, 2.45) is 5.16 Å². The lowest BCUT2D eigenvalue weighted by Gasteiger charge is -2.17. The maximum absolute atomic E-state index is 9.02. The van der Waals surface area contributed by atoms with E-state index in [1.165, 1.54) is 18.4 Å². The molecule has 1 N–H and O–H groups in total. The summed E-state index contributed by atoms with van der Waals surface area (Å²) in [7, 11) is 0. The van der Waals surface area contributed by atoms with Gasteiger partial charge in [0.25, 0.3) is 0 Å². The molecule has 0 aromatic heterocycles. The van der Waals surface area contributed by atoms with Crippen molar-refractivity contribution >= 4 is 5.71 Å². The number of nitrogens with zero attached hydrogens (tertiary/aromatic N) is 1. The zero-order chi connectivity index (χ0) is 12.8. The Hall–Kier alpha value is -1.51. The number of ether oxygens (including phenoxy) is 1. The molecular formula is C15H21NO2. The Morgan fingerprint density at radius 1 is 1.28 bits per heavy atom. The van der Waals surface area contributed by atoms with E-state index in [0.29, 0.717) is 0 Å². The number of unbranched alkanes of at least 4 members (excludes halogenated alkanes) is 2. The summed E-state index contributed by atoms with van der Waals surface area (Å²) in [4.78, 5) is 0. The van der Waals surface area contributed by atoms with Crippen molar-refractivity contribution in [1.29, 1.82) is 0 Å². The lowest BCUT2D eigenvalue weighted by Crippen LogP contribution is -2.12. The number of oxime groups is 1. The fourth-order valence-corrected chi connectivity index (χ4v) is 2.36. The van der Waals surface area contributed by atoms with Gasteiger partial charge >= 0.3 is 0 Å². The Balaban J connectivity index is 2.06. The average Bonchev–Trinajstić information content (AvgIpc) is 2.43. The maximum atomic E-state index is 9.02. The van der Waals surface area contributed by atoms with Crippen LogP contribution in [0.5, 0.6) is 5.75 Å². The van der Waals surface area contributed by atoms with Gasteiger partial charge in [-0.2, -0.15) is 0 Å². The first-order valence-corrected chi connectivity index (χ1v) is 6.82. The number of hydrogen-bond donors (Lipinski definition) is 1. The molecule has 0 spiro atoms. The SMILES string of the molecule is CCCCCOc1ccc2c(c1)/C(=N\O)CCC2. The number of fused-ring (bicyclic) bond motifs is 1. The molecule has 0 amide bonds. The van der Waals surface area contributed by atoms with Crippen molar-refractivity contribution < 1.29 is 9.94 Å². The van der Waals surface area contributed by atoms with Crippen LogP contribution in [0.25, 0.3) is 0 Å². The third-order valence-corrected chi connectivity index (χ3v) is 3.39. The quantitative estimate of drug-likeness (QED) is 0.489. The molecule has 98 valence electrons. The molecule has 0 saturated heterocycles. The lowest BCUT2D eigenvalue weighted by molar-refractivity contribution is 0.306. The van der Waals surface area contributed by atoms with E-state index in [2.05, 4.69) is 18.1 Å². The van der Waals surface area contributed by atoms with E-state index < -0.39 is 0 Å². The second-order valence-corrected chi connectivity index (χ2v) is 4.77. The van der Waals surface area contributed by atoms with Crippen LogP contribution in [0, 0.1) is 0 Å². The van der Waals surface area contributed by atoms with Crippen molar-refractivity contribution in [2.75, 3.05) is 6.61 Å². The van der Waals surface area contributed by atoms with Crippen LogP contribution in [0.15, 0.2) is 23.4 Å². The van der Waals surface area contributed by atoms with Gasteiger partial charge < -0.3 is 9.94 Å². The fraction of sp³-hybridized carbons (Fsp3) is 0.533. The Morgan fingerprint density at radius 3 is 2.94 bits per heavy atom. The molecule has 0 aliphatic heterocycles. The molecule has 1 aliphatic rings. The number of aryl methyl sites for hydroxylation is 1. The average molecular weight is 247 g/mol. The summed E-state index contributed by atoms with van der Waals surface area (Å²) < 4.78 is 5.73. The van der Waals surface area contributed by atoms with Gasteiger partial charge in [0.2, 0.25) is 0 Å². The molecule has 1 aromatic rings. The second kappa shape index (κ2) is 6.43. The molecule has 1 aliphatic carbocycles. The first-order chi connectivity index (χ1) is 8.85. The summed E-state index contributed by atoms with van der Waals surface area (Å²) in [5.74, 6) is 0.882. The van der Waals surface area contributed by atoms with Gasteiger partial charge in [-0.3, -0.25) is 0 Å². The molecule has 0 fully saturated rings. The molecule has 0 saturated carbocycles. The highest BCUT2D eigenvalue weighted by Crippen LogP contribution is 2.26. The molecule has 0 unspecified atom stereocenters. The van der Waals surface area contributed by atoms with E-state index in [1.54, 1.807) is 0 Å². The Labute approximate surface area is 108 Å². The van der Waals surface area contributed by atoms with Crippen LogP contribution in [0.3, 0.4) is 0 Å².